The fourth-order valence-electron chi connectivity index (χ4n) is 1.70. The Bertz CT molecular complexity index is 651. The van der Waals surface area contributed by atoms with Crippen molar-refractivity contribution in [1.29, 1.82) is 0 Å². The minimum atomic E-state index is 0.307. The monoisotopic (exact) mass is 307 g/mol. The highest BCUT2D eigenvalue weighted by Crippen LogP contribution is 2.23. The molecule has 0 saturated carbocycles. The van der Waals surface area contributed by atoms with E-state index < -0.39 is 0 Å². The van der Waals surface area contributed by atoms with Crippen molar-refractivity contribution in [2.75, 3.05) is 5.32 Å². The summed E-state index contributed by atoms with van der Waals surface area (Å²) in [7, 11) is 0. The Kier molecular flexibility index (Phi) is 5.45. The average Bonchev–Trinajstić information content (AvgIpc) is 2.83. The molecule has 0 aliphatic heterocycles. The number of pyridine rings is 1. The lowest BCUT2D eigenvalue weighted by molar-refractivity contribution is 0.669. The van der Waals surface area contributed by atoms with Crippen LogP contribution in [0.1, 0.15) is 12.5 Å². The Morgan fingerprint density at radius 1 is 1.52 bits per heavy atom. The number of nitrogens with one attached hydrogen (secondary N) is 1. The van der Waals surface area contributed by atoms with Gasteiger partial charge in [-0.15, -0.1) is 0 Å². The van der Waals surface area contributed by atoms with Crippen LogP contribution in [0.25, 0.3) is 0 Å². The quantitative estimate of drug-likeness (QED) is 0.827. The number of halogens is 2. The highest BCUT2D eigenvalue weighted by atomic mass is 35.5. The van der Waals surface area contributed by atoms with Crippen LogP contribution < -0.4 is 5.32 Å². The summed E-state index contributed by atoms with van der Waals surface area (Å²) >= 11 is 6.03. The molecule has 0 bridgehead atoms. The van der Waals surface area contributed by atoms with E-state index in [-0.39, 0.29) is 0 Å². The van der Waals surface area contributed by atoms with Crippen LogP contribution in [0, 0.1) is 0 Å². The molecule has 0 aliphatic rings. The van der Waals surface area contributed by atoms with E-state index in [0.29, 0.717) is 36.1 Å². The van der Waals surface area contributed by atoms with Gasteiger partial charge in [0, 0.05) is 6.20 Å². The van der Waals surface area contributed by atoms with Gasteiger partial charge in [-0.1, -0.05) is 11.6 Å². The SMILES string of the molecule is C/C=N\Cc1ccnc(Nc2cn(C/C=C\F)nc2Cl)c1. The minimum Gasteiger partial charge on any atom is -0.336 e. The van der Waals surface area contributed by atoms with Crippen molar-refractivity contribution in [2.45, 2.75) is 20.0 Å². The molecule has 1 N–H and O–H groups in total. The maximum Gasteiger partial charge on any atom is 0.174 e. The lowest BCUT2D eigenvalue weighted by Gasteiger charge is -2.04. The third kappa shape index (κ3) is 4.39. The number of rotatable bonds is 6. The van der Waals surface area contributed by atoms with Gasteiger partial charge in [0.25, 0.3) is 0 Å². The van der Waals surface area contributed by atoms with Crippen LogP contribution in [0.2, 0.25) is 5.15 Å². The average molecular weight is 308 g/mol. The third-order valence-corrected chi connectivity index (χ3v) is 2.92. The number of aromatic nitrogens is 3. The summed E-state index contributed by atoms with van der Waals surface area (Å²) in [6.45, 7) is 2.79. The molecule has 5 nitrogen and oxygen atoms in total. The van der Waals surface area contributed by atoms with Gasteiger partial charge in [-0.25, -0.2) is 9.37 Å². The van der Waals surface area contributed by atoms with Crippen LogP contribution in [0.15, 0.2) is 41.9 Å². The van der Waals surface area contributed by atoms with Gasteiger partial charge in [-0.3, -0.25) is 9.67 Å². The highest BCUT2D eigenvalue weighted by molar-refractivity contribution is 6.32. The molecule has 21 heavy (non-hydrogen) atoms. The topological polar surface area (TPSA) is 55.1 Å². The molecular formula is C14H15ClFN5. The van der Waals surface area contributed by atoms with Gasteiger partial charge in [0.1, 0.15) is 5.82 Å². The first-order valence-corrected chi connectivity index (χ1v) is 6.75. The molecule has 2 heterocycles. The van der Waals surface area contributed by atoms with Gasteiger partial charge in [-0.05, 0) is 36.9 Å². The van der Waals surface area contributed by atoms with Crippen LogP contribution in [-0.2, 0) is 13.1 Å². The van der Waals surface area contributed by atoms with E-state index in [9.17, 15) is 4.39 Å². The number of hydrogen-bond donors (Lipinski definition) is 1. The predicted octanol–water partition coefficient (Wildman–Crippen LogP) is 3.75. The molecule has 0 atom stereocenters. The van der Waals surface area contributed by atoms with Crippen LogP contribution in [-0.4, -0.2) is 21.0 Å². The lowest BCUT2D eigenvalue weighted by Crippen LogP contribution is -1.95. The van der Waals surface area contributed by atoms with Gasteiger partial charge < -0.3 is 5.32 Å². The number of hydrogen-bond acceptors (Lipinski definition) is 4. The maximum absolute atomic E-state index is 12.0. The fraction of sp³-hybridized carbons (Fsp3) is 0.214. The Morgan fingerprint density at radius 3 is 3.14 bits per heavy atom. The van der Waals surface area contributed by atoms with Crippen molar-refractivity contribution in [1.82, 2.24) is 14.8 Å². The summed E-state index contributed by atoms with van der Waals surface area (Å²) in [4.78, 5) is 8.40. The van der Waals surface area contributed by atoms with Crippen molar-refractivity contribution in [3.63, 3.8) is 0 Å². The second kappa shape index (κ2) is 7.54. The second-order valence-electron chi connectivity index (χ2n) is 4.19. The van der Waals surface area contributed by atoms with E-state index in [1.165, 1.54) is 10.8 Å². The first-order valence-electron chi connectivity index (χ1n) is 6.37. The molecule has 0 unspecified atom stereocenters. The molecule has 2 aromatic rings. The van der Waals surface area contributed by atoms with Crippen LogP contribution in [0.4, 0.5) is 15.9 Å². The highest BCUT2D eigenvalue weighted by Gasteiger charge is 2.07. The van der Waals surface area contributed by atoms with Gasteiger partial charge in [0.15, 0.2) is 5.15 Å². The summed E-state index contributed by atoms with van der Waals surface area (Å²) in [5.41, 5.74) is 1.65. The molecule has 2 rings (SSSR count). The Morgan fingerprint density at radius 2 is 2.38 bits per heavy atom. The first kappa shape index (κ1) is 15.2. The molecule has 0 aromatic carbocycles. The predicted molar refractivity (Wildman–Crippen MR) is 82.9 cm³/mol. The molecule has 0 aliphatic carbocycles. The van der Waals surface area contributed by atoms with E-state index in [2.05, 4.69) is 20.4 Å². The van der Waals surface area contributed by atoms with E-state index in [1.807, 2.05) is 19.1 Å². The standard InChI is InChI=1S/C14H15ClFN5/c1-2-17-9-11-4-6-18-13(8-11)19-12-10-21(7-3-5-16)20-14(12)15/h2-6,8,10H,7,9H2,1H3,(H,18,19)/b5-3-,17-2-. The number of allylic oxidation sites excluding steroid dienone is 1. The Labute approximate surface area is 127 Å². The number of nitrogens with zero attached hydrogens (tertiary/aromatic N) is 4. The van der Waals surface area contributed by atoms with Gasteiger partial charge in [0.05, 0.1) is 31.3 Å². The molecule has 0 spiro atoms. The zero-order valence-corrected chi connectivity index (χ0v) is 12.3. The van der Waals surface area contributed by atoms with E-state index in [4.69, 9.17) is 11.6 Å². The molecular weight excluding hydrogens is 293 g/mol. The number of aliphatic imine (C=N–C) groups is 1. The normalized spacial score (nSPS) is 11.6. The van der Waals surface area contributed by atoms with E-state index >= 15 is 0 Å². The van der Waals surface area contributed by atoms with Crippen molar-refractivity contribution in [2.24, 2.45) is 4.99 Å². The van der Waals surface area contributed by atoms with Crippen LogP contribution >= 0.6 is 11.6 Å². The summed E-state index contributed by atoms with van der Waals surface area (Å²) in [5, 5.41) is 7.46. The maximum atomic E-state index is 12.0. The molecule has 110 valence electrons. The molecule has 0 fully saturated rings. The van der Waals surface area contributed by atoms with E-state index in [1.54, 1.807) is 18.6 Å². The second-order valence-corrected chi connectivity index (χ2v) is 4.55. The van der Waals surface area contributed by atoms with Crippen molar-refractivity contribution in [3.8, 4) is 0 Å². The Hall–Kier alpha value is -2.21. The van der Waals surface area contributed by atoms with Crippen molar-refractivity contribution in [3.05, 3.63) is 47.6 Å². The summed E-state index contributed by atoms with van der Waals surface area (Å²) < 4.78 is 13.5. The molecule has 0 saturated heterocycles. The van der Waals surface area contributed by atoms with Crippen LogP contribution in [0.5, 0.6) is 0 Å². The molecule has 0 amide bonds. The van der Waals surface area contributed by atoms with Gasteiger partial charge in [-0.2, -0.15) is 5.10 Å². The summed E-state index contributed by atoms with van der Waals surface area (Å²) in [6.07, 6.45) is 6.97. The van der Waals surface area contributed by atoms with Crippen LogP contribution in [0.3, 0.4) is 0 Å². The largest absolute Gasteiger partial charge is 0.336 e. The first-order chi connectivity index (χ1) is 10.2. The fourth-order valence-corrected chi connectivity index (χ4v) is 1.89. The number of anilines is 2. The van der Waals surface area contributed by atoms with Gasteiger partial charge in [0.2, 0.25) is 0 Å². The minimum absolute atomic E-state index is 0.307. The summed E-state index contributed by atoms with van der Waals surface area (Å²) in [6, 6.07) is 3.79. The Balaban J connectivity index is 2.12. The van der Waals surface area contributed by atoms with Gasteiger partial charge >= 0.3 is 0 Å². The summed E-state index contributed by atoms with van der Waals surface area (Å²) in [5.74, 6) is 0.654. The zero-order valence-electron chi connectivity index (χ0n) is 11.5. The lowest BCUT2D eigenvalue weighted by atomic mass is 10.2. The van der Waals surface area contributed by atoms with Crippen molar-refractivity contribution < 1.29 is 4.39 Å². The molecule has 7 heteroatoms. The molecule has 2 aromatic heterocycles. The third-order valence-electron chi connectivity index (χ3n) is 2.64. The molecule has 0 radical (unpaired) electrons. The smallest absolute Gasteiger partial charge is 0.174 e. The van der Waals surface area contributed by atoms with E-state index in [0.717, 1.165) is 5.56 Å². The van der Waals surface area contributed by atoms with Crippen molar-refractivity contribution >= 4 is 29.3 Å². The zero-order chi connectivity index (χ0) is 15.1.